The lowest BCUT2D eigenvalue weighted by molar-refractivity contribution is -0.274. The molecule has 0 saturated heterocycles. The van der Waals surface area contributed by atoms with Gasteiger partial charge >= 0.3 is 6.36 Å². The van der Waals surface area contributed by atoms with Gasteiger partial charge in [0.1, 0.15) is 5.82 Å². The van der Waals surface area contributed by atoms with Gasteiger partial charge in [-0.2, -0.15) is 0 Å². The number of nitrogens with one attached hydrogen (secondary N) is 1. The van der Waals surface area contributed by atoms with Gasteiger partial charge in [0.05, 0.1) is 10.2 Å². The summed E-state index contributed by atoms with van der Waals surface area (Å²) < 4.78 is 41.6. The van der Waals surface area contributed by atoms with Crippen LogP contribution in [0.3, 0.4) is 0 Å². The first kappa shape index (κ1) is 14.6. The molecule has 2 rings (SSSR count). The van der Waals surface area contributed by atoms with Crippen molar-refractivity contribution in [3.8, 4) is 5.75 Å². The molecule has 0 atom stereocenters. The number of aromatic nitrogens is 1. The average Bonchev–Trinajstić information content (AvgIpc) is 2.33. The summed E-state index contributed by atoms with van der Waals surface area (Å²) in [7, 11) is 0. The highest BCUT2D eigenvalue weighted by Crippen LogP contribution is 2.33. The van der Waals surface area contributed by atoms with E-state index in [9.17, 15) is 13.2 Å². The SMILES string of the molecule is Cc1cnc(Nc2ccccc2OC(F)(F)F)c(Br)c1. The van der Waals surface area contributed by atoms with Gasteiger partial charge in [0.15, 0.2) is 5.75 Å². The number of hydrogen-bond donors (Lipinski definition) is 1. The van der Waals surface area contributed by atoms with Crippen LogP contribution in [0.25, 0.3) is 0 Å². The molecule has 0 fully saturated rings. The number of anilines is 2. The molecule has 0 aliphatic carbocycles. The first-order valence-corrected chi connectivity index (χ1v) is 6.38. The quantitative estimate of drug-likeness (QED) is 0.867. The topological polar surface area (TPSA) is 34.2 Å². The predicted molar refractivity (Wildman–Crippen MR) is 73.1 cm³/mol. The fourth-order valence-corrected chi connectivity index (χ4v) is 2.10. The Morgan fingerprint density at radius 3 is 2.60 bits per heavy atom. The van der Waals surface area contributed by atoms with E-state index >= 15 is 0 Å². The molecule has 20 heavy (non-hydrogen) atoms. The van der Waals surface area contributed by atoms with E-state index in [1.807, 2.05) is 13.0 Å². The van der Waals surface area contributed by atoms with E-state index in [2.05, 4.69) is 31.0 Å². The molecular formula is C13H10BrF3N2O. The summed E-state index contributed by atoms with van der Waals surface area (Å²) in [5.41, 5.74) is 1.11. The van der Waals surface area contributed by atoms with Gasteiger partial charge in [0.2, 0.25) is 0 Å². The zero-order valence-corrected chi connectivity index (χ0v) is 11.9. The minimum absolute atomic E-state index is 0.182. The summed E-state index contributed by atoms with van der Waals surface area (Å²) in [5, 5.41) is 2.81. The van der Waals surface area contributed by atoms with E-state index in [0.29, 0.717) is 10.3 Å². The van der Waals surface area contributed by atoms with Gasteiger partial charge in [0.25, 0.3) is 0 Å². The molecule has 0 bridgehead atoms. The molecule has 1 heterocycles. The molecule has 3 nitrogen and oxygen atoms in total. The van der Waals surface area contributed by atoms with Crippen molar-refractivity contribution >= 4 is 27.4 Å². The maximum absolute atomic E-state index is 12.3. The third-order valence-electron chi connectivity index (χ3n) is 2.34. The van der Waals surface area contributed by atoms with Crippen molar-refractivity contribution in [2.45, 2.75) is 13.3 Å². The van der Waals surface area contributed by atoms with E-state index < -0.39 is 6.36 Å². The lowest BCUT2D eigenvalue weighted by Crippen LogP contribution is -2.17. The fraction of sp³-hybridized carbons (Fsp3) is 0.154. The number of ether oxygens (including phenoxy) is 1. The van der Waals surface area contributed by atoms with Gasteiger partial charge in [-0.05, 0) is 46.6 Å². The van der Waals surface area contributed by atoms with Gasteiger partial charge in [0, 0.05) is 6.20 Å². The molecule has 2 aromatic rings. The van der Waals surface area contributed by atoms with E-state index in [4.69, 9.17) is 0 Å². The standard InChI is InChI=1S/C13H10BrF3N2O/c1-8-6-9(14)12(18-7-8)19-10-4-2-3-5-11(10)20-13(15,16)17/h2-7H,1H3,(H,18,19). The number of hydrogen-bond acceptors (Lipinski definition) is 3. The van der Waals surface area contributed by atoms with Gasteiger partial charge in [-0.15, -0.1) is 13.2 Å². The van der Waals surface area contributed by atoms with Crippen LogP contribution in [0.5, 0.6) is 5.75 Å². The Hall–Kier alpha value is -1.76. The number of benzene rings is 1. The molecule has 0 spiro atoms. The number of rotatable bonds is 3. The second kappa shape index (κ2) is 5.70. The lowest BCUT2D eigenvalue weighted by atomic mass is 10.3. The van der Waals surface area contributed by atoms with Crippen LogP contribution >= 0.6 is 15.9 Å². The van der Waals surface area contributed by atoms with Gasteiger partial charge < -0.3 is 10.1 Å². The van der Waals surface area contributed by atoms with Gasteiger partial charge in [-0.3, -0.25) is 0 Å². The average molecular weight is 347 g/mol. The van der Waals surface area contributed by atoms with E-state index in [-0.39, 0.29) is 11.4 Å². The molecule has 7 heteroatoms. The molecule has 1 aromatic carbocycles. The normalized spacial score (nSPS) is 11.2. The molecule has 1 N–H and O–H groups in total. The van der Waals surface area contributed by atoms with Crippen LogP contribution in [-0.2, 0) is 0 Å². The Morgan fingerprint density at radius 1 is 1.25 bits per heavy atom. The summed E-state index contributed by atoms with van der Waals surface area (Å²) in [6, 6.07) is 7.59. The van der Waals surface area contributed by atoms with Crippen molar-refractivity contribution in [1.82, 2.24) is 4.98 Å². The first-order chi connectivity index (χ1) is 9.35. The van der Waals surface area contributed by atoms with Crippen LogP contribution in [0.4, 0.5) is 24.7 Å². The molecule has 0 amide bonds. The second-order valence-electron chi connectivity index (χ2n) is 4.01. The summed E-state index contributed by atoms with van der Waals surface area (Å²) in [6.45, 7) is 1.86. The van der Waals surface area contributed by atoms with Crippen molar-refractivity contribution in [3.05, 3.63) is 46.6 Å². The maximum Gasteiger partial charge on any atom is 0.573 e. The van der Waals surface area contributed by atoms with Crippen molar-refractivity contribution in [2.24, 2.45) is 0 Å². The van der Waals surface area contributed by atoms with Crippen molar-refractivity contribution < 1.29 is 17.9 Å². The Kier molecular flexibility index (Phi) is 4.17. The Bertz CT molecular complexity index is 617. The number of pyridine rings is 1. The lowest BCUT2D eigenvalue weighted by Gasteiger charge is -2.14. The Morgan fingerprint density at radius 2 is 1.95 bits per heavy atom. The molecule has 106 valence electrons. The third-order valence-corrected chi connectivity index (χ3v) is 2.95. The van der Waals surface area contributed by atoms with Crippen LogP contribution in [-0.4, -0.2) is 11.3 Å². The largest absolute Gasteiger partial charge is 0.573 e. The van der Waals surface area contributed by atoms with Crippen molar-refractivity contribution in [2.75, 3.05) is 5.32 Å². The Balaban J connectivity index is 2.29. The van der Waals surface area contributed by atoms with E-state index in [1.54, 1.807) is 12.3 Å². The minimum Gasteiger partial charge on any atom is -0.404 e. The highest BCUT2D eigenvalue weighted by Gasteiger charge is 2.32. The minimum atomic E-state index is -4.74. The molecule has 0 radical (unpaired) electrons. The van der Waals surface area contributed by atoms with Crippen LogP contribution in [0.15, 0.2) is 41.0 Å². The smallest absolute Gasteiger partial charge is 0.404 e. The summed E-state index contributed by atoms with van der Waals surface area (Å²) in [5.74, 6) is 0.100. The predicted octanol–water partition coefficient (Wildman–Crippen LogP) is 4.79. The van der Waals surface area contributed by atoms with Gasteiger partial charge in [-0.25, -0.2) is 4.98 Å². The highest BCUT2D eigenvalue weighted by molar-refractivity contribution is 9.10. The van der Waals surface area contributed by atoms with E-state index in [1.165, 1.54) is 18.2 Å². The van der Waals surface area contributed by atoms with Crippen LogP contribution in [0.2, 0.25) is 0 Å². The number of aryl methyl sites for hydroxylation is 1. The summed E-state index contributed by atoms with van der Waals surface area (Å²) >= 11 is 3.30. The molecule has 1 aromatic heterocycles. The number of para-hydroxylation sites is 2. The third kappa shape index (κ3) is 3.86. The number of alkyl halides is 3. The van der Waals surface area contributed by atoms with Gasteiger partial charge in [-0.1, -0.05) is 12.1 Å². The monoisotopic (exact) mass is 346 g/mol. The maximum atomic E-state index is 12.3. The van der Waals surface area contributed by atoms with Crippen LogP contribution < -0.4 is 10.1 Å². The number of nitrogens with zero attached hydrogens (tertiary/aromatic N) is 1. The number of halogens is 4. The fourth-order valence-electron chi connectivity index (χ4n) is 1.54. The summed E-state index contributed by atoms with van der Waals surface area (Å²) in [4.78, 5) is 4.12. The molecule has 0 saturated carbocycles. The van der Waals surface area contributed by atoms with E-state index in [0.717, 1.165) is 5.56 Å². The zero-order chi connectivity index (χ0) is 14.8. The molecule has 0 aliphatic rings. The van der Waals surface area contributed by atoms with Crippen LogP contribution in [0.1, 0.15) is 5.56 Å². The second-order valence-corrected chi connectivity index (χ2v) is 4.87. The van der Waals surface area contributed by atoms with Crippen molar-refractivity contribution in [1.29, 1.82) is 0 Å². The summed E-state index contributed by atoms with van der Waals surface area (Å²) in [6.07, 6.45) is -3.13. The highest BCUT2D eigenvalue weighted by atomic mass is 79.9. The molecule has 0 aliphatic heterocycles. The Labute approximate surface area is 121 Å². The molecule has 0 unspecified atom stereocenters. The zero-order valence-electron chi connectivity index (χ0n) is 10.3. The van der Waals surface area contributed by atoms with Crippen molar-refractivity contribution in [3.63, 3.8) is 0 Å². The van der Waals surface area contributed by atoms with Crippen LogP contribution in [0, 0.1) is 6.92 Å². The first-order valence-electron chi connectivity index (χ1n) is 5.59. The molecular weight excluding hydrogens is 337 g/mol.